The lowest BCUT2D eigenvalue weighted by atomic mass is 10.1. The van der Waals surface area contributed by atoms with Crippen LogP contribution in [0.4, 0.5) is 10.1 Å². The summed E-state index contributed by atoms with van der Waals surface area (Å²) in [6.07, 6.45) is 0. The molecule has 0 saturated carbocycles. The summed E-state index contributed by atoms with van der Waals surface area (Å²) in [4.78, 5) is 2.13. The molecular weight excluding hydrogens is 297 g/mol. The summed E-state index contributed by atoms with van der Waals surface area (Å²) in [5.74, 6) is -0.262. The molecule has 0 aliphatic heterocycles. The number of halogens is 1. The van der Waals surface area contributed by atoms with Crippen LogP contribution in [0.3, 0.4) is 0 Å². The Morgan fingerprint density at radius 1 is 1.05 bits per heavy atom. The number of hydrogen-bond acceptors (Lipinski definition) is 2. The minimum absolute atomic E-state index is 0.262. The second kappa shape index (κ2) is 7.87. The molecule has 0 radical (unpaired) electrons. The first-order valence-corrected chi connectivity index (χ1v) is 7.47. The number of anilines is 1. The lowest BCUT2D eigenvalue weighted by molar-refractivity contribution is 0.401. The lowest BCUT2D eigenvalue weighted by Gasteiger charge is -2.16. The topological polar surface area (TPSA) is 27.3 Å². The molecule has 0 unspecified atom stereocenters. The molecule has 116 valence electrons. The number of rotatable bonds is 5. The first kappa shape index (κ1) is 16.4. The summed E-state index contributed by atoms with van der Waals surface area (Å²) in [7, 11) is 4.09. The van der Waals surface area contributed by atoms with E-state index < -0.39 is 0 Å². The molecule has 0 aliphatic carbocycles. The van der Waals surface area contributed by atoms with Gasteiger partial charge in [0.2, 0.25) is 0 Å². The van der Waals surface area contributed by atoms with Crippen molar-refractivity contribution in [2.24, 2.45) is 0 Å². The van der Waals surface area contributed by atoms with Crippen molar-refractivity contribution in [1.82, 2.24) is 10.2 Å². The van der Waals surface area contributed by atoms with Crippen LogP contribution in [-0.4, -0.2) is 24.1 Å². The maximum atomic E-state index is 12.9. The van der Waals surface area contributed by atoms with Crippen molar-refractivity contribution in [3.63, 3.8) is 0 Å². The average molecular weight is 317 g/mol. The fourth-order valence-corrected chi connectivity index (χ4v) is 2.30. The smallest absolute Gasteiger partial charge is 0.171 e. The van der Waals surface area contributed by atoms with E-state index >= 15 is 0 Å². The van der Waals surface area contributed by atoms with E-state index in [2.05, 4.69) is 27.7 Å². The number of nitrogens with one attached hydrogen (secondary N) is 2. The molecule has 5 heteroatoms. The summed E-state index contributed by atoms with van der Waals surface area (Å²) in [6, 6.07) is 14.4. The maximum Gasteiger partial charge on any atom is 0.171 e. The molecule has 2 N–H and O–H groups in total. The predicted molar refractivity (Wildman–Crippen MR) is 93.3 cm³/mol. The summed E-state index contributed by atoms with van der Waals surface area (Å²) in [6.45, 7) is 1.53. The third kappa shape index (κ3) is 5.09. The summed E-state index contributed by atoms with van der Waals surface area (Å²) >= 11 is 5.27. The highest BCUT2D eigenvalue weighted by atomic mass is 32.1. The van der Waals surface area contributed by atoms with Gasteiger partial charge in [-0.05, 0) is 61.7 Å². The van der Waals surface area contributed by atoms with E-state index in [1.165, 1.54) is 23.3 Å². The molecule has 2 aromatic carbocycles. The second-order valence-electron chi connectivity index (χ2n) is 5.32. The van der Waals surface area contributed by atoms with Crippen LogP contribution in [0.15, 0.2) is 48.5 Å². The van der Waals surface area contributed by atoms with Gasteiger partial charge in [0, 0.05) is 18.8 Å². The van der Waals surface area contributed by atoms with Crippen LogP contribution in [0.2, 0.25) is 0 Å². The molecule has 0 atom stereocenters. The Kier molecular flexibility index (Phi) is 5.86. The van der Waals surface area contributed by atoms with Gasteiger partial charge in [-0.15, -0.1) is 0 Å². The van der Waals surface area contributed by atoms with Crippen molar-refractivity contribution in [3.05, 3.63) is 65.5 Å². The first-order chi connectivity index (χ1) is 10.5. The van der Waals surface area contributed by atoms with Crippen LogP contribution >= 0.6 is 12.2 Å². The molecule has 0 bridgehead atoms. The Morgan fingerprint density at radius 2 is 1.68 bits per heavy atom. The standard InChI is InChI=1S/C17H20FN3S/c1-21(2)12-14-6-4-3-5-13(14)11-19-17(22)20-16-9-7-15(18)8-10-16/h3-10H,11-12H2,1-2H3,(H2,19,20,22). The Labute approximate surface area is 136 Å². The van der Waals surface area contributed by atoms with Crippen LogP contribution in [-0.2, 0) is 13.1 Å². The fourth-order valence-electron chi connectivity index (χ4n) is 2.11. The molecule has 3 nitrogen and oxygen atoms in total. The fraction of sp³-hybridized carbons (Fsp3) is 0.235. The zero-order valence-electron chi connectivity index (χ0n) is 12.8. The van der Waals surface area contributed by atoms with Gasteiger partial charge >= 0.3 is 0 Å². The molecule has 0 fully saturated rings. The molecule has 2 rings (SSSR count). The van der Waals surface area contributed by atoms with Crippen LogP contribution in [0.5, 0.6) is 0 Å². The van der Waals surface area contributed by atoms with Crippen molar-refractivity contribution in [2.45, 2.75) is 13.1 Å². The van der Waals surface area contributed by atoms with E-state index in [1.807, 2.05) is 26.2 Å². The van der Waals surface area contributed by atoms with Gasteiger partial charge < -0.3 is 15.5 Å². The Morgan fingerprint density at radius 3 is 2.32 bits per heavy atom. The van der Waals surface area contributed by atoms with Gasteiger partial charge in [-0.1, -0.05) is 24.3 Å². The number of hydrogen-bond donors (Lipinski definition) is 2. The Balaban J connectivity index is 1.92. The van der Waals surface area contributed by atoms with E-state index in [0.29, 0.717) is 11.7 Å². The van der Waals surface area contributed by atoms with Crippen molar-refractivity contribution in [1.29, 1.82) is 0 Å². The van der Waals surface area contributed by atoms with E-state index in [0.717, 1.165) is 12.2 Å². The third-order valence-corrected chi connectivity index (χ3v) is 3.39. The van der Waals surface area contributed by atoms with Crippen molar-refractivity contribution in [2.75, 3.05) is 19.4 Å². The quantitative estimate of drug-likeness (QED) is 0.827. The monoisotopic (exact) mass is 317 g/mol. The number of benzene rings is 2. The van der Waals surface area contributed by atoms with Crippen molar-refractivity contribution in [3.8, 4) is 0 Å². The minimum Gasteiger partial charge on any atom is -0.358 e. The third-order valence-electron chi connectivity index (χ3n) is 3.15. The lowest BCUT2D eigenvalue weighted by Crippen LogP contribution is -2.28. The highest BCUT2D eigenvalue weighted by Gasteiger charge is 2.04. The van der Waals surface area contributed by atoms with Gasteiger partial charge in [-0.25, -0.2) is 4.39 Å². The van der Waals surface area contributed by atoms with Crippen LogP contribution < -0.4 is 10.6 Å². The summed E-state index contributed by atoms with van der Waals surface area (Å²) in [5, 5.41) is 6.75. The Bertz CT molecular complexity index is 626. The van der Waals surface area contributed by atoms with Gasteiger partial charge in [0.25, 0.3) is 0 Å². The summed E-state index contributed by atoms with van der Waals surface area (Å²) in [5.41, 5.74) is 3.24. The van der Waals surface area contributed by atoms with Crippen LogP contribution in [0.25, 0.3) is 0 Å². The van der Waals surface area contributed by atoms with E-state index in [4.69, 9.17) is 12.2 Å². The molecule has 0 aliphatic rings. The maximum absolute atomic E-state index is 12.9. The van der Waals surface area contributed by atoms with Gasteiger partial charge in [-0.3, -0.25) is 0 Å². The number of nitrogens with zero attached hydrogens (tertiary/aromatic N) is 1. The molecule has 0 amide bonds. The normalized spacial score (nSPS) is 10.5. The molecule has 0 aromatic heterocycles. The van der Waals surface area contributed by atoms with E-state index in [9.17, 15) is 4.39 Å². The summed E-state index contributed by atoms with van der Waals surface area (Å²) < 4.78 is 12.9. The second-order valence-corrected chi connectivity index (χ2v) is 5.73. The SMILES string of the molecule is CN(C)Cc1ccccc1CNC(=S)Nc1ccc(F)cc1. The Hall–Kier alpha value is -1.98. The highest BCUT2D eigenvalue weighted by molar-refractivity contribution is 7.80. The molecular formula is C17H20FN3S. The van der Waals surface area contributed by atoms with Gasteiger partial charge in [0.1, 0.15) is 5.82 Å². The van der Waals surface area contributed by atoms with Crippen LogP contribution in [0, 0.1) is 5.82 Å². The van der Waals surface area contributed by atoms with Crippen molar-refractivity contribution < 1.29 is 4.39 Å². The zero-order chi connectivity index (χ0) is 15.9. The van der Waals surface area contributed by atoms with Gasteiger partial charge in [0.15, 0.2) is 5.11 Å². The largest absolute Gasteiger partial charge is 0.358 e. The average Bonchev–Trinajstić information content (AvgIpc) is 2.48. The molecule has 0 saturated heterocycles. The van der Waals surface area contributed by atoms with E-state index in [-0.39, 0.29) is 5.82 Å². The first-order valence-electron chi connectivity index (χ1n) is 7.06. The predicted octanol–water partition coefficient (Wildman–Crippen LogP) is 3.37. The molecule has 0 spiro atoms. The molecule has 2 aromatic rings. The van der Waals surface area contributed by atoms with Gasteiger partial charge in [-0.2, -0.15) is 0 Å². The zero-order valence-corrected chi connectivity index (χ0v) is 13.6. The number of thiocarbonyl (C=S) groups is 1. The van der Waals surface area contributed by atoms with E-state index in [1.54, 1.807) is 12.1 Å². The highest BCUT2D eigenvalue weighted by Crippen LogP contribution is 2.11. The van der Waals surface area contributed by atoms with Gasteiger partial charge in [0.05, 0.1) is 0 Å². The molecule has 22 heavy (non-hydrogen) atoms. The van der Waals surface area contributed by atoms with Crippen LogP contribution in [0.1, 0.15) is 11.1 Å². The van der Waals surface area contributed by atoms with Crippen molar-refractivity contribution >= 4 is 23.0 Å². The minimum atomic E-state index is -0.262. The molecule has 0 heterocycles.